The van der Waals surface area contributed by atoms with E-state index in [0.717, 1.165) is 26.1 Å². The molecule has 1 aromatic rings. The minimum Gasteiger partial charge on any atom is -0.381 e. The molecule has 1 heterocycles. The lowest BCUT2D eigenvalue weighted by Crippen LogP contribution is -2.27. The van der Waals surface area contributed by atoms with Gasteiger partial charge < -0.3 is 10.5 Å². The zero-order valence-electron chi connectivity index (χ0n) is 11.8. The number of rotatable bonds is 2. The van der Waals surface area contributed by atoms with Crippen LogP contribution >= 0.6 is 0 Å². The lowest BCUT2D eigenvalue weighted by molar-refractivity contribution is 0.0584. The fourth-order valence-electron chi connectivity index (χ4n) is 2.55. The Bertz CT molecular complexity index is 371. The van der Waals surface area contributed by atoms with E-state index in [0.29, 0.717) is 5.92 Å². The van der Waals surface area contributed by atoms with Crippen LogP contribution in [0.5, 0.6) is 0 Å². The molecule has 1 unspecified atom stereocenters. The first-order chi connectivity index (χ1) is 8.48. The fraction of sp³-hybridized carbons (Fsp3) is 0.625. The van der Waals surface area contributed by atoms with E-state index in [2.05, 4.69) is 45.0 Å². The molecule has 0 bridgehead atoms. The molecule has 2 heteroatoms. The van der Waals surface area contributed by atoms with Crippen molar-refractivity contribution in [2.45, 2.75) is 45.1 Å². The van der Waals surface area contributed by atoms with Gasteiger partial charge in [-0.1, -0.05) is 45.0 Å². The fourth-order valence-corrected chi connectivity index (χ4v) is 2.55. The Labute approximate surface area is 111 Å². The van der Waals surface area contributed by atoms with Gasteiger partial charge in [0.1, 0.15) is 0 Å². The van der Waals surface area contributed by atoms with Crippen molar-refractivity contribution in [1.82, 2.24) is 0 Å². The van der Waals surface area contributed by atoms with Gasteiger partial charge >= 0.3 is 0 Å². The minimum absolute atomic E-state index is 0.155. The molecule has 2 nitrogen and oxygen atoms in total. The van der Waals surface area contributed by atoms with Crippen molar-refractivity contribution >= 4 is 0 Å². The summed E-state index contributed by atoms with van der Waals surface area (Å²) >= 11 is 0. The van der Waals surface area contributed by atoms with E-state index in [1.165, 1.54) is 11.1 Å². The van der Waals surface area contributed by atoms with Crippen molar-refractivity contribution < 1.29 is 4.74 Å². The van der Waals surface area contributed by atoms with Crippen LogP contribution in [0.3, 0.4) is 0 Å². The summed E-state index contributed by atoms with van der Waals surface area (Å²) < 4.78 is 5.39. The van der Waals surface area contributed by atoms with Crippen molar-refractivity contribution in [1.29, 1.82) is 0 Å². The summed E-state index contributed by atoms with van der Waals surface area (Å²) in [6, 6.07) is 8.98. The number of ether oxygens (including phenoxy) is 1. The van der Waals surface area contributed by atoms with Crippen LogP contribution in [0, 0.1) is 5.92 Å². The quantitative estimate of drug-likeness (QED) is 0.869. The van der Waals surface area contributed by atoms with Crippen molar-refractivity contribution in [3.8, 4) is 0 Å². The first-order valence-corrected chi connectivity index (χ1v) is 6.92. The Morgan fingerprint density at radius 2 is 1.67 bits per heavy atom. The summed E-state index contributed by atoms with van der Waals surface area (Å²) in [5, 5.41) is 0. The second kappa shape index (κ2) is 5.41. The molecule has 0 radical (unpaired) electrons. The molecule has 0 spiro atoms. The van der Waals surface area contributed by atoms with Gasteiger partial charge in [-0.25, -0.2) is 0 Å². The standard InChI is InChI=1S/C16H25NO/c1-16(2,3)14-6-4-12(5-7-14)15(17)13-8-10-18-11-9-13/h4-7,13,15H,8-11,17H2,1-3H3. The lowest BCUT2D eigenvalue weighted by Gasteiger charge is -2.28. The number of hydrogen-bond donors (Lipinski definition) is 1. The van der Waals surface area contributed by atoms with Crippen LogP contribution in [-0.2, 0) is 10.2 Å². The highest BCUT2D eigenvalue weighted by Crippen LogP contribution is 2.29. The number of benzene rings is 1. The molecule has 0 aromatic heterocycles. The zero-order chi connectivity index (χ0) is 13.2. The summed E-state index contributed by atoms with van der Waals surface area (Å²) in [5.41, 5.74) is 9.21. The predicted molar refractivity (Wildman–Crippen MR) is 75.6 cm³/mol. The van der Waals surface area contributed by atoms with Gasteiger partial charge in [-0.2, -0.15) is 0 Å². The van der Waals surface area contributed by atoms with E-state index in [1.54, 1.807) is 0 Å². The molecule has 1 aliphatic rings. The van der Waals surface area contributed by atoms with Crippen molar-refractivity contribution in [3.63, 3.8) is 0 Å². The number of hydrogen-bond acceptors (Lipinski definition) is 2. The third-order valence-corrected chi connectivity index (χ3v) is 3.94. The topological polar surface area (TPSA) is 35.2 Å². The number of nitrogens with two attached hydrogens (primary N) is 1. The van der Waals surface area contributed by atoms with Crippen LogP contribution in [-0.4, -0.2) is 13.2 Å². The molecule has 18 heavy (non-hydrogen) atoms. The molecule has 1 saturated heterocycles. The van der Waals surface area contributed by atoms with Crippen molar-refractivity contribution in [2.75, 3.05) is 13.2 Å². The van der Waals surface area contributed by atoms with E-state index in [9.17, 15) is 0 Å². The second-order valence-electron chi connectivity index (χ2n) is 6.35. The van der Waals surface area contributed by atoms with E-state index in [1.807, 2.05) is 0 Å². The molecule has 0 amide bonds. The third kappa shape index (κ3) is 3.12. The van der Waals surface area contributed by atoms with Crippen LogP contribution in [0.4, 0.5) is 0 Å². The summed E-state index contributed by atoms with van der Waals surface area (Å²) in [5.74, 6) is 0.569. The van der Waals surface area contributed by atoms with Crippen molar-refractivity contribution in [2.24, 2.45) is 11.7 Å². The van der Waals surface area contributed by atoms with Gasteiger partial charge in [0.25, 0.3) is 0 Å². The van der Waals surface area contributed by atoms with Crippen LogP contribution < -0.4 is 5.73 Å². The van der Waals surface area contributed by atoms with Crippen LogP contribution in [0.2, 0.25) is 0 Å². The van der Waals surface area contributed by atoms with Gasteiger partial charge in [0.15, 0.2) is 0 Å². The molecule has 1 atom stereocenters. The molecular formula is C16H25NO. The molecule has 2 N–H and O–H groups in total. The highest BCUT2D eigenvalue weighted by Gasteiger charge is 2.22. The summed E-state index contributed by atoms with van der Waals surface area (Å²) in [7, 11) is 0. The molecule has 100 valence electrons. The summed E-state index contributed by atoms with van der Waals surface area (Å²) in [6.07, 6.45) is 2.17. The molecule has 1 fully saturated rings. The monoisotopic (exact) mass is 247 g/mol. The van der Waals surface area contributed by atoms with Gasteiger partial charge in [-0.15, -0.1) is 0 Å². The van der Waals surface area contributed by atoms with Crippen molar-refractivity contribution in [3.05, 3.63) is 35.4 Å². The molecule has 1 aliphatic heterocycles. The zero-order valence-corrected chi connectivity index (χ0v) is 11.8. The molecular weight excluding hydrogens is 222 g/mol. The summed E-state index contributed by atoms with van der Waals surface area (Å²) in [6.45, 7) is 8.43. The Kier molecular flexibility index (Phi) is 4.08. The maximum Gasteiger partial charge on any atom is 0.0469 e. The van der Waals surface area contributed by atoms with E-state index >= 15 is 0 Å². The predicted octanol–water partition coefficient (Wildman–Crippen LogP) is 3.41. The smallest absolute Gasteiger partial charge is 0.0469 e. The molecule has 2 rings (SSSR count). The highest BCUT2D eigenvalue weighted by molar-refractivity contribution is 5.29. The normalized spacial score (nSPS) is 19.8. The van der Waals surface area contributed by atoms with Gasteiger partial charge in [-0.05, 0) is 35.3 Å². The van der Waals surface area contributed by atoms with Gasteiger partial charge in [0, 0.05) is 19.3 Å². The van der Waals surface area contributed by atoms with Crippen LogP contribution in [0.1, 0.15) is 50.8 Å². The maximum absolute atomic E-state index is 6.37. The second-order valence-corrected chi connectivity index (χ2v) is 6.35. The molecule has 0 saturated carbocycles. The molecule has 0 aliphatic carbocycles. The maximum atomic E-state index is 6.37. The van der Waals surface area contributed by atoms with Crippen LogP contribution in [0.25, 0.3) is 0 Å². The SMILES string of the molecule is CC(C)(C)c1ccc(C(N)C2CCOCC2)cc1. The average molecular weight is 247 g/mol. The van der Waals surface area contributed by atoms with Gasteiger partial charge in [0.2, 0.25) is 0 Å². The minimum atomic E-state index is 0.155. The van der Waals surface area contributed by atoms with Gasteiger partial charge in [0.05, 0.1) is 0 Å². The van der Waals surface area contributed by atoms with E-state index in [4.69, 9.17) is 10.5 Å². The Hall–Kier alpha value is -0.860. The van der Waals surface area contributed by atoms with Gasteiger partial charge in [-0.3, -0.25) is 0 Å². The van der Waals surface area contributed by atoms with E-state index in [-0.39, 0.29) is 11.5 Å². The Morgan fingerprint density at radius 3 is 2.17 bits per heavy atom. The molecule has 1 aromatic carbocycles. The largest absolute Gasteiger partial charge is 0.381 e. The lowest BCUT2D eigenvalue weighted by atomic mass is 9.84. The third-order valence-electron chi connectivity index (χ3n) is 3.94. The van der Waals surface area contributed by atoms with E-state index < -0.39 is 0 Å². The first kappa shape index (κ1) is 13.6. The van der Waals surface area contributed by atoms with Crippen LogP contribution in [0.15, 0.2) is 24.3 Å². The first-order valence-electron chi connectivity index (χ1n) is 6.92. The highest BCUT2D eigenvalue weighted by atomic mass is 16.5. The Morgan fingerprint density at radius 1 is 1.11 bits per heavy atom. The Balaban J connectivity index is 2.09. The average Bonchev–Trinajstić information content (AvgIpc) is 2.38. The summed E-state index contributed by atoms with van der Waals surface area (Å²) in [4.78, 5) is 0.